The molecule has 0 saturated heterocycles. The standard InChI is InChI=1S/C15H23NO/c16-14(5-6-15-2-1-7-17-15)10-13-9-11-3-4-12(13)8-11/h1-2,7,11-14H,3-6,8-10,16H2. The first-order valence-electron chi connectivity index (χ1n) is 7.09. The predicted octanol–water partition coefficient (Wildman–Crippen LogP) is 3.37. The number of nitrogens with two attached hydrogens (primary N) is 1. The van der Waals surface area contributed by atoms with Crippen LogP contribution in [0.25, 0.3) is 0 Å². The number of aryl methyl sites for hydroxylation is 1. The highest BCUT2D eigenvalue weighted by Crippen LogP contribution is 2.49. The molecule has 0 spiro atoms. The van der Waals surface area contributed by atoms with E-state index in [1.54, 1.807) is 6.26 Å². The lowest BCUT2D eigenvalue weighted by molar-refractivity contribution is 0.289. The molecule has 2 nitrogen and oxygen atoms in total. The molecule has 0 radical (unpaired) electrons. The van der Waals surface area contributed by atoms with Crippen LogP contribution in [0.2, 0.25) is 0 Å². The quantitative estimate of drug-likeness (QED) is 0.847. The van der Waals surface area contributed by atoms with Crippen molar-refractivity contribution in [2.24, 2.45) is 23.5 Å². The zero-order valence-electron chi connectivity index (χ0n) is 10.5. The lowest BCUT2D eigenvalue weighted by Crippen LogP contribution is -2.26. The van der Waals surface area contributed by atoms with E-state index in [0.29, 0.717) is 6.04 Å². The van der Waals surface area contributed by atoms with E-state index >= 15 is 0 Å². The van der Waals surface area contributed by atoms with E-state index in [0.717, 1.165) is 36.4 Å². The Balaban J connectivity index is 1.43. The van der Waals surface area contributed by atoms with Gasteiger partial charge in [0.15, 0.2) is 0 Å². The van der Waals surface area contributed by atoms with Crippen molar-refractivity contribution in [1.29, 1.82) is 0 Å². The van der Waals surface area contributed by atoms with Crippen LogP contribution in [0.4, 0.5) is 0 Å². The molecule has 4 unspecified atom stereocenters. The number of furan rings is 1. The summed E-state index contributed by atoms with van der Waals surface area (Å²) in [7, 11) is 0. The van der Waals surface area contributed by atoms with Gasteiger partial charge in [0.05, 0.1) is 6.26 Å². The van der Waals surface area contributed by atoms with Crippen molar-refractivity contribution in [3.05, 3.63) is 24.2 Å². The summed E-state index contributed by atoms with van der Waals surface area (Å²) in [5.74, 6) is 4.06. The average Bonchev–Trinajstić information content (AvgIpc) is 3.03. The van der Waals surface area contributed by atoms with Crippen LogP contribution in [-0.4, -0.2) is 6.04 Å². The molecule has 1 aromatic heterocycles. The smallest absolute Gasteiger partial charge is 0.103 e. The fourth-order valence-electron chi connectivity index (χ4n) is 3.95. The molecule has 2 aliphatic carbocycles. The summed E-state index contributed by atoms with van der Waals surface area (Å²) in [5, 5.41) is 0. The van der Waals surface area contributed by atoms with Crippen molar-refractivity contribution in [3.8, 4) is 0 Å². The van der Waals surface area contributed by atoms with Gasteiger partial charge < -0.3 is 10.2 Å². The maximum absolute atomic E-state index is 6.26. The molecule has 2 bridgehead atoms. The van der Waals surface area contributed by atoms with Gasteiger partial charge >= 0.3 is 0 Å². The first-order valence-corrected chi connectivity index (χ1v) is 7.09. The molecule has 1 heterocycles. The molecule has 2 N–H and O–H groups in total. The Morgan fingerprint density at radius 1 is 1.35 bits per heavy atom. The Morgan fingerprint density at radius 3 is 2.94 bits per heavy atom. The van der Waals surface area contributed by atoms with Crippen molar-refractivity contribution < 1.29 is 4.42 Å². The van der Waals surface area contributed by atoms with Crippen LogP contribution in [0.15, 0.2) is 22.8 Å². The largest absolute Gasteiger partial charge is 0.469 e. The maximum Gasteiger partial charge on any atom is 0.103 e. The normalized spacial score (nSPS) is 33.1. The van der Waals surface area contributed by atoms with E-state index in [-0.39, 0.29) is 0 Å². The van der Waals surface area contributed by atoms with Crippen LogP contribution in [0, 0.1) is 17.8 Å². The highest BCUT2D eigenvalue weighted by molar-refractivity contribution is 4.99. The first-order chi connectivity index (χ1) is 8.31. The molecule has 17 heavy (non-hydrogen) atoms. The van der Waals surface area contributed by atoms with Gasteiger partial charge in [0, 0.05) is 12.5 Å². The summed E-state index contributed by atoms with van der Waals surface area (Å²) in [5.41, 5.74) is 6.26. The molecule has 3 rings (SSSR count). The van der Waals surface area contributed by atoms with Crippen LogP contribution in [0.1, 0.15) is 44.3 Å². The van der Waals surface area contributed by atoms with E-state index in [1.165, 1.54) is 32.1 Å². The number of fused-ring (bicyclic) bond motifs is 2. The summed E-state index contributed by atoms with van der Waals surface area (Å²) >= 11 is 0. The third kappa shape index (κ3) is 2.57. The third-order valence-electron chi connectivity index (χ3n) is 4.83. The Bertz CT molecular complexity index is 346. The van der Waals surface area contributed by atoms with Gasteiger partial charge in [-0.2, -0.15) is 0 Å². The van der Waals surface area contributed by atoms with Crippen molar-refractivity contribution in [1.82, 2.24) is 0 Å². The number of rotatable bonds is 5. The average molecular weight is 233 g/mol. The van der Waals surface area contributed by atoms with E-state index in [4.69, 9.17) is 10.2 Å². The molecule has 0 aliphatic heterocycles. The number of hydrogen-bond acceptors (Lipinski definition) is 2. The SMILES string of the molecule is NC(CCc1ccco1)CC1CC2CCC1C2. The summed E-state index contributed by atoms with van der Waals surface area (Å²) < 4.78 is 5.35. The fraction of sp³-hybridized carbons (Fsp3) is 0.733. The molecular formula is C15H23NO. The fourth-order valence-corrected chi connectivity index (χ4v) is 3.95. The Morgan fingerprint density at radius 2 is 2.29 bits per heavy atom. The first kappa shape index (κ1) is 11.3. The van der Waals surface area contributed by atoms with Crippen molar-refractivity contribution in [2.45, 2.75) is 51.0 Å². The zero-order chi connectivity index (χ0) is 11.7. The second-order valence-electron chi connectivity index (χ2n) is 6.05. The van der Waals surface area contributed by atoms with Crippen LogP contribution in [-0.2, 0) is 6.42 Å². The lowest BCUT2D eigenvalue weighted by atomic mass is 9.83. The van der Waals surface area contributed by atoms with Gasteiger partial charge in [-0.1, -0.05) is 6.42 Å². The van der Waals surface area contributed by atoms with Crippen LogP contribution in [0.3, 0.4) is 0 Å². The molecule has 2 heteroatoms. The van der Waals surface area contributed by atoms with Gasteiger partial charge in [-0.05, 0) is 62.0 Å². The van der Waals surface area contributed by atoms with E-state index in [9.17, 15) is 0 Å². The highest BCUT2D eigenvalue weighted by atomic mass is 16.3. The second kappa shape index (κ2) is 4.85. The predicted molar refractivity (Wildman–Crippen MR) is 68.6 cm³/mol. The minimum absolute atomic E-state index is 0.365. The highest BCUT2D eigenvalue weighted by Gasteiger charge is 2.39. The van der Waals surface area contributed by atoms with E-state index < -0.39 is 0 Å². The molecule has 1 aromatic rings. The summed E-state index contributed by atoms with van der Waals surface area (Å²) in [6, 6.07) is 4.37. The molecule has 2 fully saturated rings. The minimum atomic E-state index is 0.365. The summed E-state index contributed by atoms with van der Waals surface area (Å²) in [4.78, 5) is 0. The van der Waals surface area contributed by atoms with Gasteiger partial charge in [-0.25, -0.2) is 0 Å². The molecule has 0 amide bonds. The van der Waals surface area contributed by atoms with Crippen molar-refractivity contribution >= 4 is 0 Å². The minimum Gasteiger partial charge on any atom is -0.469 e. The summed E-state index contributed by atoms with van der Waals surface area (Å²) in [6.07, 6.45) is 11.0. The molecule has 2 saturated carbocycles. The third-order valence-corrected chi connectivity index (χ3v) is 4.83. The summed E-state index contributed by atoms with van der Waals surface area (Å²) in [6.45, 7) is 0. The lowest BCUT2D eigenvalue weighted by Gasteiger charge is -2.24. The Kier molecular flexibility index (Phi) is 3.24. The molecule has 0 aromatic carbocycles. The maximum atomic E-state index is 6.26. The Labute approximate surface area is 104 Å². The van der Waals surface area contributed by atoms with Crippen LogP contribution in [0.5, 0.6) is 0 Å². The van der Waals surface area contributed by atoms with Gasteiger partial charge in [0.1, 0.15) is 5.76 Å². The Hall–Kier alpha value is -0.760. The van der Waals surface area contributed by atoms with Gasteiger partial charge in [-0.15, -0.1) is 0 Å². The molecule has 4 atom stereocenters. The number of hydrogen-bond donors (Lipinski definition) is 1. The molecule has 2 aliphatic rings. The molecular weight excluding hydrogens is 210 g/mol. The van der Waals surface area contributed by atoms with Gasteiger partial charge in [0.2, 0.25) is 0 Å². The van der Waals surface area contributed by atoms with Gasteiger partial charge in [-0.3, -0.25) is 0 Å². The van der Waals surface area contributed by atoms with E-state index in [2.05, 4.69) is 0 Å². The topological polar surface area (TPSA) is 39.2 Å². The van der Waals surface area contributed by atoms with Crippen molar-refractivity contribution in [3.63, 3.8) is 0 Å². The molecule has 94 valence electrons. The zero-order valence-corrected chi connectivity index (χ0v) is 10.5. The monoisotopic (exact) mass is 233 g/mol. The van der Waals surface area contributed by atoms with Crippen LogP contribution >= 0.6 is 0 Å². The van der Waals surface area contributed by atoms with Crippen LogP contribution < -0.4 is 5.73 Å². The van der Waals surface area contributed by atoms with E-state index in [1.807, 2.05) is 12.1 Å². The van der Waals surface area contributed by atoms with Crippen molar-refractivity contribution in [2.75, 3.05) is 0 Å². The second-order valence-corrected chi connectivity index (χ2v) is 6.05. The van der Waals surface area contributed by atoms with Gasteiger partial charge in [0.25, 0.3) is 0 Å².